The molecule has 0 fully saturated rings. The number of benzene rings is 4. The molecule has 4 aromatic rings. The number of halogens is 1. The van der Waals surface area contributed by atoms with E-state index in [9.17, 15) is 0 Å². The molecule has 0 amide bonds. The van der Waals surface area contributed by atoms with Crippen LogP contribution in [0, 0.1) is 0 Å². The average molecular weight is 410 g/mol. The summed E-state index contributed by atoms with van der Waals surface area (Å²) in [7, 11) is 0. The molecule has 0 aliphatic heterocycles. The third-order valence-electron chi connectivity index (χ3n) is 4.84. The standard InChI is InChI=1S/C25H15Br/c26-16-13-14-20-19-9-3-6-12-23(19)25(24(20)15-16)21-10-4-1-7-17(21)18-8-2-5-11-22(18)25/h1-15H/i1D,2D,3D,4D,5D,6D,7D,8D,9D,10D,11D,12D,13D,14D,15D. The average Bonchev–Trinajstić information content (AvgIpc) is 3.43. The van der Waals surface area contributed by atoms with Gasteiger partial charge in [0.05, 0.1) is 26.0 Å². The third kappa shape index (κ3) is 1.56. The first kappa shape index (κ1) is 6.21. The Morgan fingerprint density at radius 3 is 1.46 bits per heavy atom. The van der Waals surface area contributed by atoms with Crippen LogP contribution in [0.2, 0.25) is 0 Å². The van der Waals surface area contributed by atoms with Crippen LogP contribution in [-0.2, 0) is 5.41 Å². The molecule has 4 aromatic carbocycles. The summed E-state index contributed by atoms with van der Waals surface area (Å²) in [6, 6.07) is -9.56. The summed E-state index contributed by atoms with van der Waals surface area (Å²) in [4.78, 5) is 0. The Labute approximate surface area is 182 Å². The molecule has 0 N–H and O–H groups in total. The fraction of sp³-hybridized carbons (Fsp3) is 0.0400. The van der Waals surface area contributed by atoms with Crippen LogP contribution in [0.15, 0.2) is 95.1 Å². The van der Waals surface area contributed by atoms with E-state index in [2.05, 4.69) is 15.9 Å². The van der Waals surface area contributed by atoms with E-state index in [1.807, 2.05) is 0 Å². The van der Waals surface area contributed by atoms with Crippen molar-refractivity contribution in [2.45, 2.75) is 5.41 Å². The maximum atomic E-state index is 9.10. The van der Waals surface area contributed by atoms with Gasteiger partial charge in [-0.2, -0.15) is 0 Å². The van der Waals surface area contributed by atoms with Crippen LogP contribution in [0.4, 0.5) is 0 Å². The highest BCUT2D eigenvalue weighted by Gasteiger charge is 2.51. The van der Waals surface area contributed by atoms with Gasteiger partial charge in [-0.3, -0.25) is 0 Å². The van der Waals surface area contributed by atoms with Crippen LogP contribution in [0.1, 0.15) is 42.8 Å². The van der Waals surface area contributed by atoms with Crippen LogP contribution < -0.4 is 0 Å². The highest BCUT2D eigenvalue weighted by atomic mass is 79.9. The normalized spacial score (nSPS) is 22.7. The summed E-state index contributed by atoms with van der Waals surface area (Å²) < 4.78 is 130. The van der Waals surface area contributed by atoms with Crippen LogP contribution in [0.3, 0.4) is 0 Å². The Morgan fingerprint density at radius 1 is 0.538 bits per heavy atom. The van der Waals surface area contributed by atoms with Crippen molar-refractivity contribution < 1.29 is 20.6 Å². The first-order valence-corrected chi connectivity index (χ1v) is 8.48. The number of rotatable bonds is 0. The lowest BCUT2D eigenvalue weighted by Gasteiger charge is -2.30. The first-order chi connectivity index (χ1) is 19.1. The van der Waals surface area contributed by atoms with E-state index >= 15 is 0 Å². The Hall–Kier alpha value is -2.64. The van der Waals surface area contributed by atoms with Gasteiger partial charge < -0.3 is 0 Å². The monoisotopic (exact) mass is 409 g/mol. The van der Waals surface area contributed by atoms with Crippen LogP contribution in [0.25, 0.3) is 22.3 Å². The summed E-state index contributed by atoms with van der Waals surface area (Å²) in [6.45, 7) is 0. The molecule has 122 valence electrons. The Bertz CT molecular complexity index is 1680. The maximum absolute atomic E-state index is 9.10. The first-order valence-electron chi connectivity index (χ1n) is 15.2. The molecule has 1 spiro atoms. The lowest BCUT2D eigenvalue weighted by molar-refractivity contribution is 0.793. The molecule has 2 aliphatic carbocycles. The van der Waals surface area contributed by atoms with Gasteiger partial charge in [0.15, 0.2) is 0 Å². The van der Waals surface area contributed by atoms with Gasteiger partial charge in [0.2, 0.25) is 0 Å². The zero-order valence-corrected chi connectivity index (χ0v) is 14.5. The lowest BCUT2D eigenvalue weighted by atomic mass is 9.70. The van der Waals surface area contributed by atoms with Crippen molar-refractivity contribution in [3.63, 3.8) is 0 Å². The lowest BCUT2D eigenvalue weighted by Crippen LogP contribution is -2.25. The van der Waals surface area contributed by atoms with Gasteiger partial charge >= 0.3 is 0 Å². The van der Waals surface area contributed by atoms with Crippen LogP contribution in [0.5, 0.6) is 0 Å². The fourth-order valence-corrected chi connectivity index (χ4v) is 4.24. The molecule has 1 heteroatoms. The van der Waals surface area contributed by atoms with E-state index in [4.69, 9.17) is 20.6 Å². The number of hydrogen-bond donors (Lipinski definition) is 0. The van der Waals surface area contributed by atoms with Crippen LogP contribution >= 0.6 is 15.9 Å². The Morgan fingerprint density at radius 2 is 0.962 bits per heavy atom. The predicted octanol–water partition coefficient (Wildman–Crippen LogP) is 6.79. The second-order valence-corrected chi connectivity index (χ2v) is 6.73. The van der Waals surface area contributed by atoms with Gasteiger partial charge in [-0.1, -0.05) is 94.5 Å². The molecule has 0 nitrogen and oxygen atoms in total. The second kappa shape index (κ2) is 4.96. The summed E-state index contributed by atoms with van der Waals surface area (Å²) in [6.07, 6.45) is 0. The fourth-order valence-electron chi connectivity index (χ4n) is 3.95. The summed E-state index contributed by atoms with van der Waals surface area (Å²) in [5, 5.41) is 0. The minimum absolute atomic E-state index is 0.194. The molecule has 0 saturated carbocycles. The molecule has 2 aliphatic rings. The van der Waals surface area contributed by atoms with E-state index in [0.717, 1.165) is 0 Å². The van der Waals surface area contributed by atoms with E-state index in [-0.39, 0.29) is 49.0 Å². The molecule has 26 heavy (non-hydrogen) atoms. The van der Waals surface area contributed by atoms with E-state index < -0.39 is 96.1 Å². The molecular formula is C25H15Br. The predicted molar refractivity (Wildman–Crippen MR) is 110 cm³/mol. The minimum Gasteiger partial charge on any atom is -0.0619 e. The highest BCUT2D eigenvalue weighted by Crippen LogP contribution is 2.62. The third-order valence-corrected chi connectivity index (χ3v) is 5.24. The molecule has 0 aromatic heterocycles. The van der Waals surface area contributed by atoms with E-state index in [1.54, 1.807) is 0 Å². The minimum atomic E-state index is -2.28. The van der Waals surface area contributed by atoms with Crippen LogP contribution in [-0.4, -0.2) is 0 Å². The molecule has 0 atom stereocenters. The van der Waals surface area contributed by atoms with Gasteiger partial charge in [-0.25, -0.2) is 0 Å². The van der Waals surface area contributed by atoms with Crippen molar-refractivity contribution in [3.05, 3.63) is 117 Å². The largest absolute Gasteiger partial charge is 0.0725 e. The Balaban J connectivity index is 2.10. The molecule has 0 saturated heterocycles. The van der Waals surface area contributed by atoms with Gasteiger partial charge in [0.1, 0.15) is 0 Å². The molecule has 0 unspecified atom stereocenters. The van der Waals surface area contributed by atoms with Gasteiger partial charge in [-0.15, -0.1) is 0 Å². The molecular weight excluding hydrogens is 380 g/mol. The van der Waals surface area contributed by atoms with E-state index in [0.29, 0.717) is 0 Å². The number of fused-ring (bicyclic) bond motifs is 10. The maximum Gasteiger partial charge on any atom is 0.0725 e. The zero-order valence-electron chi connectivity index (χ0n) is 27.9. The molecule has 0 bridgehead atoms. The molecule has 0 heterocycles. The molecule has 6 rings (SSSR count). The molecule has 0 radical (unpaired) electrons. The van der Waals surface area contributed by atoms with Gasteiger partial charge in [-0.05, 0) is 56.6 Å². The van der Waals surface area contributed by atoms with Crippen molar-refractivity contribution in [2.24, 2.45) is 0 Å². The van der Waals surface area contributed by atoms with Gasteiger partial charge in [0, 0.05) is 4.47 Å². The highest BCUT2D eigenvalue weighted by molar-refractivity contribution is 9.10. The SMILES string of the molecule is [2H]c1c([2H])c([2H])c2c(c1[2H])-c1c([2H])c([2H])c([2H])c([2H])c1C21c2c([2H])c([2H])c([2H])c([2H])c2-c2c([2H])c([2H])c(Br)c([2H])c21. The second-order valence-electron chi connectivity index (χ2n) is 5.94. The summed E-state index contributed by atoms with van der Waals surface area (Å²) >= 11 is 3.16. The van der Waals surface area contributed by atoms with Crippen molar-refractivity contribution in [3.8, 4) is 22.3 Å². The Kier molecular flexibility index (Phi) is 1.18. The summed E-state index contributed by atoms with van der Waals surface area (Å²) in [5.41, 5.74) is -4.55. The topological polar surface area (TPSA) is 0 Å². The summed E-state index contributed by atoms with van der Waals surface area (Å²) in [5.74, 6) is 0. The van der Waals surface area contributed by atoms with Crippen molar-refractivity contribution in [2.75, 3.05) is 0 Å². The smallest absolute Gasteiger partial charge is 0.0619 e. The van der Waals surface area contributed by atoms with E-state index in [1.165, 1.54) is 0 Å². The zero-order chi connectivity index (χ0) is 30.4. The van der Waals surface area contributed by atoms with Crippen molar-refractivity contribution >= 4 is 15.9 Å². The van der Waals surface area contributed by atoms with Crippen molar-refractivity contribution in [1.82, 2.24) is 0 Å². The quantitative estimate of drug-likeness (QED) is 0.259. The van der Waals surface area contributed by atoms with Gasteiger partial charge in [0.25, 0.3) is 0 Å². The van der Waals surface area contributed by atoms with Crippen molar-refractivity contribution in [1.29, 1.82) is 0 Å². The number of hydrogen-bond acceptors (Lipinski definition) is 0.